The van der Waals surface area contributed by atoms with E-state index in [0.29, 0.717) is 31.7 Å². The first kappa shape index (κ1) is 19.1. The first-order chi connectivity index (χ1) is 13.1. The molecule has 1 aromatic carbocycles. The summed E-state index contributed by atoms with van der Waals surface area (Å²) >= 11 is 0. The lowest BCUT2D eigenvalue weighted by atomic mass is 10.0. The van der Waals surface area contributed by atoms with Gasteiger partial charge in [0, 0.05) is 44.6 Å². The van der Waals surface area contributed by atoms with Crippen LogP contribution in [0.2, 0.25) is 0 Å². The van der Waals surface area contributed by atoms with Crippen LogP contribution in [0.4, 0.5) is 0 Å². The molecule has 6 nitrogen and oxygen atoms in total. The molecular formula is C21H28N4O2. The van der Waals surface area contributed by atoms with Gasteiger partial charge < -0.3 is 14.8 Å². The van der Waals surface area contributed by atoms with Crippen molar-refractivity contribution in [1.29, 1.82) is 0 Å². The van der Waals surface area contributed by atoms with Gasteiger partial charge in [-0.15, -0.1) is 0 Å². The predicted octanol–water partition coefficient (Wildman–Crippen LogP) is 2.73. The van der Waals surface area contributed by atoms with Gasteiger partial charge in [-0.25, -0.2) is 4.98 Å². The summed E-state index contributed by atoms with van der Waals surface area (Å²) in [7, 11) is 1.62. The van der Waals surface area contributed by atoms with E-state index >= 15 is 0 Å². The summed E-state index contributed by atoms with van der Waals surface area (Å²) in [6.45, 7) is 6.05. The second kappa shape index (κ2) is 8.37. The number of carbonyl (C=O) groups excluding carboxylic acids is 2. The Morgan fingerprint density at radius 2 is 1.81 bits per heavy atom. The third-order valence-electron chi connectivity index (χ3n) is 5.41. The van der Waals surface area contributed by atoms with Crippen molar-refractivity contribution in [1.82, 2.24) is 19.8 Å². The zero-order chi connectivity index (χ0) is 19.4. The van der Waals surface area contributed by atoms with Crippen LogP contribution in [-0.2, 0) is 17.8 Å². The molecule has 1 aromatic heterocycles. The van der Waals surface area contributed by atoms with Crippen LogP contribution in [0.1, 0.15) is 42.9 Å². The SMILES string of the molecule is CCC(CC)C(=O)N1CCc2c(C(=O)NC)nc(-c3ccccc3)n2CC1. The number of carbonyl (C=O) groups is 2. The quantitative estimate of drug-likeness (QED) is 0.882. The maximum absolute atomic E-state index is 12.8. The minimum Gasteiger partial charge on any atom is -0.354 e. The highest BCUT2D eigenvalue weighted by atomic mass is 16.2. The molecule has 0 spiro atoms. The highest BCUT2D eigenvalue weighted by Crippen LogP contribution is 2.26. The number of hydrogen-bond acceptors (Lipinski definition) is 3. The lowest BCUT2D eigenvalue weighted by Crippen LogP contribution is -2.38. The van der Waals surface area contributed by atoms with Gasteiger partial charge in [-0.05, 0) is 12.8 Å². The van der Waals surface area contributed by atoms with Crippen molar-refractivity contribution in [3.8, 4) is 11.4 Å². The smallest absolute Gasteiger partial charge is 0.271 e. The zero-order valence-electron chi connectivity index (χ0n) is 16.4. The fourth-order valence-electron chi connectivity index (χ4n) is 3.78. The molecule has 0 fully saturated rings. The number of benzene rings is 1. The number of nitrogens with zero attached hydrogens (tertiary/aromatic N) is 3. The molecule has 6 heteroatoms. The van der Waals surface area contributed by atoms with Crippen LogP contribution in [0.5, 0.6) is 0 Å². The molecule has 1 N–H and O–H groups in total. The van der Waals surface area contributed by atoms with Crippen LogP contribution in [-0.4, -0.2) is 46.4 Å². The summed E-state index contributed by atoms with van der Waals surface area (Å²) in [5, 5.41) is 2.69. The van der Waals surface area contributed by atoms with Crippen molar-refractivity contribution in [2.45, 2.75) is 39.7 Å². The van der Waals surface area contributed by atoms with Crippen LogP contribution in [0.3, 0.4) is 0 Å². The van der Waals surface area contributed by atoms with Crippen molar-refractivity contribution in [3.63, 3.8) is 0 Å². The second-order valence-electron chi connectivity index (χ2n) is 6.92. The maximum atomic E-state index is 12.8. The molecule has 27 heavy (non-hydrogen) atoms. The molecule has 2 aromatic rings. The molecular weight excluding hydrogens is 340 g/mol. The Morgan fingerprint density at radius 1 is 1.11 bits per heavy atom. The minimum absolute atomic E-state index is 0.0765. The number of amides is 2. The van der Waals surface area contributed by atoms with Gasteiger partial charge in [0.2, 0.25) is 5.91 Å². The summed E-state index contributed by atoms with van der Waals surface area (Å²) in [6.07, 6.45) is 2.35. The number of nitrogens with one attached hydrogen (secondary N) is 1. The first-order valence-corrected chi connectivity index (χ1v) is 9.76. The van der Waals surface area contributed by atoms with Gasteiger partial charge in [-0.2, -0.15) is 0 Å². The third kappa shape index (κ3) is 3.75. The third-order valence-corrected chi connectivity index (χ3v) is 5.41. The van der Waals surface area contributed by atoms with E-state index in [0.717, 1.165) is 29.9 Å². The summed E-state index contributed by atoms with van der Waals surface area (Å²) < 4.78 is 2.11. The Labute approximate surface area is 160 Å². The molecule has 0 radical (unpaired) electrons. The highest BCUT2D eigenvalue weighted by molar-refractivity contribution is 5.94. The standard InChI is InChI=1S/C21H28N4O2/c1-4-15(5-2)21(27)24-12-11-17-18(20(26)22-3)23-19(25(17)14-13-24)16-9-7-6-8-10-16/h6-10,15H,4-5,11-14H2,1-3H3,(H,22,26). The van der Waals surface area contributed by atoms with Crippen molar-refractivity contribution in [2.75, 3.05) is 20.1 Å². The normalized spacial score (nSPS) is 14.0. The fraction of sp³-hybridized carbons (Fsp3) is 0.476. The Kier molecular flexibility index (Phi) is 5.94. The van der Waals surface area contributed by atoms with Crippen molar-refractivity contribution in [2.24, 2.45) is 5.92 Å². The van der Waals surface area contributed by atoms with E-state index in [-0.39, 0.29) is 17.7 Å². The molecule has 0 unspecified atom stereocenters. The van der Waals surface area contributed by atoms with E-state index in [4.69, 9.17) is 0 Å². The molecule has 1 aliphatic rings. The van der Waals surface area contributed by atoms with Crippen LogP contribution >= 0.6 is 0 Å². The number of rotatable bonds is 5. The van der Waals surface area contributed by atoms with Crippen LogP contribution in [0.25, 0.3) is 11.4 Å². The minimum atomic E-state index is -0.180. The molecule has 3 rings (SSSR count). The lowest BCUT2D eigenvalue weighted by molar-refractivity contribution is -0.135. The largest absolute Gasteiger partial charge is 0.354 e. The summed E-state index contributed by atoms with van der Waals surface area (Å²) in [6, 6.07) is 9.90. The van der Waals surface area contributed by atoms with Gasteiger partial charge >= 0.3 is 0 Å². The fourth-order valence-corrected chi connectivity index (χ4v) is 3.78. The average Bonchev–Trinajstić information content (AvgIpc) is 2.93. The topological polar surface area (TPSA) is 67.2 Å². The average molecular weight is 368 g/mol. The van der Waals surface area contributed by atoms with E-state index in [9.17, 15) is 9.59 Å². The molecule has 0 saturated carbocycles. The van der Waals surface area contributed by atoms with E-state index in [2.05, 4.69) is 28.7 Å². The molecule has 0 bridgehead atoms. The van der Waals surface area contributed by atoms with Gasteiger partial charge in [-0.3, -0.25) is 9.59 Å². The monoisotopic (exact) mass is 368 g/mol. The number of hydrogen-bond donors (Lipinski definition) is 1. The first-order valence-electron chi connectivity index (χ1n) is 9.76. The van der Waals surface area contributed by atoms with E-state index in [1.807, 2.05) is 35.2 Å². The second-order valence-corrected chi connectivity index (χ2v) is 6.92. The Balaban J connectivity index is 1.96. The maximum Gasteiger partial charge on any atom is 0.271 e. The van der Waals surface area contributed by atoms with Gasteiger partial charge in [0.15, 0.2) is 0 Å². The molecule has 144 valence electrons. The molecule has 0 aliphatic carbocycles. The summed E-state index contributed by atoms with van der Waals surface area (Å²) in [4.78, 5) is 31.8. The Morgan fingerprint density at radius 3 is 2.44 bits per heavy atom. The van der Waals surface area contributed by atoms with Crippen LogP contribution in [0.15, 0.2) is 30.3 Å². The van der Waals surface area contributed by atoms with Gasteiger partial charge in [0.05, 0.1) is 5.69 Å². The Hall–Kier alpha value is -2.63. The zero-order valence-corrected chi connectivity index (χ0v) is 16.4. The molecule has 1 aliphatic heterocycles. The van der Waals surface area contributed by atoms with Gasteiger partial charge in [0.1, 0.15) is 11.5 Å². The van der Waals surface area contributed by atoms with Gasteiger partial charge in [0.25, 0.3) is 5.91 Å². The number of fused-ring (bicyclic) bond motifs is 1. The van der Waals surface area contributed by atoms with Crippen molar-refractivity contribution in [3.05, 3.63) is 41.7 Å². The Bertz CT molecular complexity index is 809. The summed E-state index contributed by atoms with van der Waals surface area (Å²) in [5.74, 6) is 0.913. The van der Waals surface area contributed by atoms with Crippen molar-refractivity contribution < 1.29 is 9.59 Å². The molecule has 2 amide bonds. The van der Waals surface area contributed by atoms with Crippen LogP contribution in [0, 0.1) is 5.92 Å². The molecule has 2 heterocycles. The highest BCUT2D eigenvalue weighted by Gasteiger charge is 2.28. The number of imidazole rings is 1. The predicted molar refractivity (Wildman–Crippen MR) is 105 cm³/mol. The van der Waals surface area contributed by atoms with Gasteiger partial charge in [-0.1, -0.05) is 44.2 Å². The van der Waals surface area contributed by atoms with Crippen molar-refractivity contribution >= 4 is 11.8 Å². The lowest BCUT2D eigenvalue weighted by Gasteiger charge is -2.24. The molecule has 0 atom stereocenters. The van der Waals surface area contributed by atoms with E-state index in [1.165, 1.54) is 0 Å². The number of aromatic nitrogens is 2. The van der Waals surface area contributed by atoms with Crippen LogP contribution < -0.4 is 5.32 Å². The van der Waals surface area contributed by atoms with E-state index < -0.39 is 0 Å². The molecule has 0 saturated heterocycles. The summed E-state index contributed by atoms with van der Waals surface area (Å²) in [5.41, 5.74) is 2.36. The van der Waals surface area contributed by atoms with E-state index in [1.54, 1.807) is 7.05 Å².